The number of methoxy groups -OCH3 is 1. The maximum atomic E-state index is 5.04. The largest absolute Gasteiger partial charge is 0.383 e. The van der Waals surface area contributed by atoms with Gasteiger partial charge in [0, 0.05) is 39.5 Å². The van der Waals surface area contributed by atoms with Crippen LogP contribution >= 0.6 is 0 Å². The summed E-state index contributed by atoms with van der Waals surface area (Å²) in [5, 5.41) is 3.36. The van der Waals surface area contributed by atoms with Crippen molar-refractivity contribution < 1.29 is 4.74 Å². The van der Waals surface area contributed by atoms with E-state index >= 15 is 0 Å². The van der Waals surface area contributed by atoms with E-state index in [4.69, 9.17) is 9.72 Å². The second kappa shape index (κ2) is 8.35. The molecule has 0 bridgehead atoms. The van der Waals surface area contributed by atoms with E-state index < -0.39 is 0 Å². The lowest BCUT2D eigenvalue weighted by atomic mass is 9.94. The Bertz CT molecular complexity index is 430. The summed E-state index contributed by atoms with van der Waals surface area (Å²) in [6.07, 6.45) is 8.71. The van der Waals surface area contributed by atoms with Gasteiger partial charge in [-0.1, -0.05) is 19.3 Å². The van der Waals surface area contributed by atoms with Crippen LogP contribution in [0.15, 0.2) is 12.3 Å². The second-order valence-corrected chi connectivity index (χ2v) is 6.06. The van der Waals surface area contributed by atoms with Gasteiger partial charge in [-0.15, -0.1) is 0 Å². The monoisotopic (exact) mass is 291 g/mol. The van der Waals surface area contributed by atoms with Gasteiger partial charge in [0.25, 0.3) is 0 Å². The Morgan fingerprint density at radius 2 is 2.10 bits per heavy atom. The normalized spacial score (nSPS) is 16.1. The number of rotatable bonds is 7. The fourth-order valence-electron chi connectivity index (χ4n) is 3.14. The molecule has 0 aliphatic heterocycles. The van der Waals surface area contributed by atoms with Crippen LogP contribution in [0.5, 0.6) is 0 Å². The third kappa shape index (κ3) is 4.68. The summed E-state index contributed by atoms with van der Waals surface area (Å²) in [7, 11) is 3.92. The third-order valence-electron chi connectivity index (χ3n) is 4.38. The van der Waals surface area contributed by atoms with Gasteiger partial charge in [-0.3, -0.25) is 0 Å². The maximum absolute atomic E-state index is 5.04. The molecule has 1 aliphatic rings. The molecule has 1 aromatic rings. The number of aryl methyl sites for hydroxylation is 1. The van der Waals surface area contributed by atoms with Crippen LogP contribution in [0.3, 0.4) is 0 Å². The molecule has 0 aromatic carbocycles. The molecule has 0 atom stereocenters. The van der Waals surface area contributed by atoms with E-state index in [1.807, 2.05) is 6.20 Å². The minimum atomic E-state index is 0.663. The van der Waals surface area contributed by atoms with Crippen LogP contribution in [0.25, 0.3) is 0 Å². The minimum Gasteiger partial charge on any atom is -0.383 e. The highest BCUT2D eigenvalue weighted by Gasteiger charge is 2.20. The smallest absolute Gasteiger partial charge is 0.131 e. The molecule has 4 nitrogen and oxygen atoms in total. The molecular formula is C17H29N3O. The average Bonchev–Trinajstić information content (AvgIpc) is 2.52. The number of nitrogens with zero attached hydrogens (tertiary/aromatic N) is 2. The Labute approximate surface area is 128 Å². The van der Waals surface area contributed by atoms with Crippen LogP contribution in [0, 0.1) is 6.92 Å². The van der Waals surface area contributed by atoms with Crippen LogP contribution in [0.2, 0.25) is 0 Å². The summed E-state index contributed by atoms with van der Waals surface area (Å²) in [5.74, 6) is 1.14. The lowest BCUT2D eigenvalue weighted by Gasteiger charge is -2.33. The Hall–Kier alpha value is -1.13. The lowest BCUT2D eigenvalue weighted by molar-refractivity contribution is 0.199. The summed E-state index contributed by atoms with van der Waals surface area (Å²) in [6, 6.07) is 2.91. The molecule has 1 N–H and O–H groups in total. The van der Waals surface area contributed by atoms with Crippen molar-refractivity contribution in [2.45, 2.75) is 51.6 Å². The molecular weight excluding hydrogens is 262 g/mol. The number of hydrogen-bond acceptors (Lipinski definition) is 4. The average molecular weight is 291 g/mol. The highest BCUT2D eigenvalue weighted by Crippen LogP contribution is 2.27. The van der Waals surface area contributed by atoms with Crippen molar-refractivity contribution >= 4 is 5.82 Å². The SMILES string of the molecule is COCCNCc1cnc(N(C)C2CCCCC2)c(C)c1. The fraction of sp³-hybridized carbons (Fsp3) is 0.706. The first-order chi connectivity index (χ1) is 10.2. The summed E-state index contributed by atoms with van der Waals surface area (Å²) >= 11 is 0. The van der Waals surface area contributed by atoms with Gasteiger partial charge in [0.05, 0.1) is 6.61 Å². The fourth-order valence-corrected chi connectivity index (χ4v) is 3.14. The number of hydrogen-bond donors (Lipinski definition) is 1. The van der Waals surface area contributed by atoms with Gasteiger partial charge in [-0.25, -0.2) is 4.98 Å². The van der Waals surface area contributed by atoms with E-state index in [0.29, 0.717) is 6.04 Å². The number of ether oxygens (including phenoxy) is 1. The van der Waals surface area contributed by atoms with Crippen molar-refractivity contribution in [2.75, 3.05) is 32.2 Å². The minimum absolute atomic E-state index is 0.663. The lowest BCUT2D eigenvalue weighted by Crippen LogP contribution is -2.34. The van der Waals surface area contributed by atoms with E-state index in [2.05, 4.69) is 30.3 Å². The van der Waals surface area contributed by atoms with Crippen molar-refractivity contribution in [2.24, 2.45) is 0 Å². The molecule has 1 fully saturated rings. The van der Waals surface area contributed by atoms with Crippen molar-refractivity contribution in [3.63, 3.8) is 0 Å². The Balaban J connectivity index is 1.94. The number of pyridine rings is 1. The molecule has 1 saturated carbocycles. The molecule has 0 amide bonds. The maximum Gasteiger partial charge on any atom is 0.131 e. The topological polar surface area (TPSA) is 37.4 Å². The first kappa shape index (κ1) is 16.2. The molecule has 0 spiro atoms. The van der Waals surface area contributed by atoms with Crippen molar-refractivity contribution in [1.29, 1.82) is 0 Å². The van der Waals surface area contributed by atoms with E-state index in [1.165, 1.54) is 43.2 Å². The Morgan fingerprint density at radius 1 is 1.33 bits per heavy atom. The zero-order valence-electron chi connectivity index (χ0n) is 13.7. The van der Waals surface area contributed by atoms with Gasteiger partial charge in [-0.05, 0) is 37.0 Å². The predicted molar refractivity (Wildman–Crippen MR) is 87.8 cm³/mol. The standard InChI is InChI=1S/C17H29N3O/c1-14-11-15(12-18-9-10-21-3)13-19-17(14)20(2)16-7-5-4-6-8-16/h11,13,16,18H,4-10,12H2,1-3H3. The van der Waals surface area contributed by atoms with E-state index in [9.17, 15) is 0 Å². The van der Waals surface area contributed by atoms with Gasteiger partial charge in [0.15, 0.2) is 0 Å². The van der Waals surface area contributed by atoms with E-state index in [0.717, 1.165) is 25.5 Å². The molecule has 0 saturated heterocycles. The van der Waals surface area contributed by atoms with Gasteiger partial charge in [0.1, 0.15) is 5.82 Å². The van der Waals surface area contributed by atoms with E-state index in [-0.39, 0.29) is 0 Å². The van der Waals surface area contributed by atoms with E-state index in [1.54, 1.807) is 7.11 Å². The Morgan fingerprint density at radius 3 is 2.76 bits per heavy atom. The first-order valence-corrected chi connectivity index (χ1v) is 8.10. The molecule has 1 heterocycles. The van der Waals surface area contributed by atoms with Gasteiger partial charge < -0.3 is 15.0 Å². The zero-order chi connectivity index (χ0) is 15.1. The van der Waals surface area contributed by atoms with Gasteiger partial charge >= 0.3 is 0 Å². The third-order valence-corrected chi connectivity index (χ3v) is 4.38. The van der Waals surface area contributed by atoms with Crippen molar-refractivity contribution in [1.82, 2.24) is 10.3 Å². The van der Waals surface area contributed by atoms with Crippen molar-refractivity contribution in [3.8, 4) is 0 Å². The number of nitrogens with one attached hydrogen (secondary N) is 1. The number of aromatic nitrogens is 1. The zero-order valence-corrected chi connectivity index (χ0v) is 13.7. The van der Waals surface area contributed by atoms with Crippen LogP contribution in [0.4, 0.5) is 5.82 Å². The van der Waals surface area contributed by atoms with Crippen LogP contribution in [0.1, 0.15) is 43.2 Å². The number of anilines is 1. The van der Waals surface area contributed by atoms with Crippen LogP contribution in [-0.2, 0) is 11.3 Å². The summed E-state index contributed by atoms with van der Waals surface area (Å²) in [6.45, 7) is 4.64. The molecule has 118 valence electrons. The molecule has 0 unspecified atom stereocenters. The van der Waals surface area contributed by atoms with Crippen LogP contribution < -0.4 is 10.2 Å². The summed E-state index contributed by atoms with van der Waals surface area (Å²) in [5.41, 5.74) is 2.51. The Kier molecular flexibility index (Phi) is 6.46. The quantitative estimate of drug-likeness (QED) is 0.784. The highest BCUT2D eigenvalue weighted by atomic mass is 16.5. The van der Waals surface area contributed by atoms with Crippen molar-refractivity contribution in [3.05, 3.63) is 23.4 Å². The molecule has 21 heavy (non-hydrogen) atoms. The molecule has 1 aromatic heterocycles. The van der Waals surface area contributed by atoms with Gasteiger partial charge in [0.2, 0.25) is 0 Å². The molecule has 1 aliphatic carbocycles. The van der Waals surface area contributed by atoms with Crippen LogP contribution in [-0.4, -0.2) is 38.3 Å². The molecule has 4 heteroatoms. The van der Waals surface area contributed by atoms with Gasteiger partial charge in [-0.2, -0.15) is 0 Å². The predicted octanol–water partition coefficient (Wildman–Crippen LogP) is 2.89. The molecule has 0 radical (unpaired) electrons. The summed E-state index contributed by atoms with van der Waals surface area (Å²) in [4.78, 5) is 7.09. The summed E-state index contributed by atoms with van der Waals surface area (Å²) < 4.78 is 5.04. The first-order valence-electron chi connectivity index (χ1n) is 8.10. The molecule has 2 rings (SSSR count). The highest BCUT2D eigenvalue weighted by molar-refractivity contribution is 5.47. The second-order valence-electron chi connectivity index (χ2n) is 6.06.